The van der Waals surface area contributed by atoms with Crippen molar-refractivity contribution in [2.75, 3.05) is 13.1 Å². The van der Waals surface area contributed by atoms with E-state index in [2.05, 4.69) is 10.2 Å². The van der Waals surface area contributed by atoms with Crippen molar-refractivity contribution in [3.8, 4) is 0 Å². The topological polar surface area (TPSA) is 109 Å². The van der Waals surface area contributed by atoms with E-state index in [1.165, 1.54) is 0 Å². The predicted octanol–water partition coefficient (Wildman–Crippen LogP) is 2.40. The van der Waals surface area contributed by atoms with Gasteiger partial charge < -0.3 is 10.4 Å². The Bertz CT molecular complexity index is 558. The molecule has 2 heterocycles. The van der Waals surface area contributed by atoms with E-state index in [0.29, 0.717) is 25.7 Å². The summed E-state index contributed by atoms with van der Waals surface area (Å²) in [5, 5.41) is 31.8. The van der Waals surface area contributed by atoms with E-state index < -0.39 is 21.2 Å². The molecule has 0 radical (unpaired) electrons. The number of rotatable bonds is 6. The third-order valence-electron chi connectivity index (χ3n) is 3.81. The molecule has 1 aromatic rings. The Morgan fingerprint density at radius 3 is 2.24 bits per heavy atom. The van der Waals surface area contributed by atoms with Gasteiger partial charge in [0.05, 0.1) is 19.3 Å². The standard InChI is InChI=1S/C13H20N4O4/c1-3-5-7-16(20)11-10(9-14-15-11)12(18)17(21,13(16)19)8-6-4-2/h9H,3-8H2,1-2H3,(H,14,15). The molecule has 0 bridgehead atoms. The number of nitrogens with zero attached hydrogens (tertiary/aromatic N) is 3. The average Bonchev–Trinajstić information content (AvgIpc) is 2.97. The lowest BCUT2D eigenvalue weighted by molar-refractivity contribution is -0.717. The van der Waals surface area contributed by atoms with Crippen molar-refractivity contribution in [2.24, 2.45) is 0 Å². The zero-order chi connectivity index (χ0) is 15.7. The molecule has 2 rings (SSSR count). The highest BCUT2D eigenvalue weighted by molar-refractivity contribution is 6.07. The summed E-state index contributed by atoms with van der Waals surface area (Å²) >= 11 is 0. The molecule has 8 nitrogen and oxygen atoms in total. The Morgan fingerprint density at radius 1 is 1.10 bits per heavy atom. The third-order valence-corrected chi connectivity index (χ3v) is 3.81. The van der Waals surface area contributed by atoms with Gasteiger partial charge in [-0.3, -0.25) is 0 Å². The van der Waals surface area contributed by atoms with Gasteiger partial charge in [-0.15, -0.1) is 0 Å². The van der Waals surface area contributed by atoms with Crippen LogP contribution in [0.3, 0.4) is 0 Å². The molecule has 0 fully saturated rings. The smallest absolute Gasteiger partial charge is 0.528 e. The molecule has 8 heteroatoms. The maximum Gasteiger partial charge on any atom is 0.528 e. The number of nitrogens with one attached hydrogen (secondary N) is 1. The van der Waals surface area contributed by atoms with Crippen LogP contribution in [0.25, 0.3) is 0 Å². The number of H-pyrrole nitrogens is 1. The monoisotopic (exact) mass is 296 g/mol. The quantitative estimate of drug-likeness (QED) is 0.640. The van der Waals surface area contributed by atoms with Gasteiger partial charge in [0, 0.05) is 0 Å². The number of hydrogen-bond acceptors (Lipinski definition) is 5. The number of hydrogen-bond donors (Lipinski definition) is 1. The molecule has 3 amide bonds. The van der Waals surface area contributed by atoms with Crippen LogP contribution in [0.1, 0.15) is 49.9 Å². The maximum absolute atomic E-state index is 13.0. The van der Waals surface area contributed by atoms with E-state index in [4.69, 9.17) is 0 Å². The summed E-state index contributed by atoms with van der Waals surface area (Å²) in [5.41, 5.74) is -0.0631. The summed E-state index contributed by atoms with van der Waals surface area (Å²) in [6, 6.07) is -1.17. The fourth-order valence-corrected chi connectivity index (χ4v) is 2.52. The SMILES string of the molecule is CCCC[N+]1([O-])C(=O)c2cn[nH]c2[N+]([O-])(CCCC)C1=O. The number of imide groups is 1. The number of urea groups is 1. The Balaban J connectivity index is 2.50. The number of quaternary nitrogens is 2. The first-order valence-corrected chi connectivity index (χ1v) is 7.23. The lowest BCUT2D eigenvalue weighted by Gasteiger charge is -2.47. The van der Waals surface area contributed by atoms with Gasteiger partial charge in [0.2, 0.25) is 0 Å². The van der Waals surface area contributed by atoms with Gasteiger partial charge in [0.15, 0.2) is 5.56 Å². The normalized spacial score (nSPS) is 28.8. The summed E-state index contributed by atoms with van der Waals surface area (Å²) in [7, 11) is 0. The molecule has 0 saturated heterocycles. The highest BCUT2D eigenvalue weighted by Gasteiger charge is 2.57. The Kier molecular flexibility index (Phi) is 4.24. The summed E-state index contributed by atoms with van der Waals surface area (Å²) < 4.78 is -3.14. The lowest BCUT2D eigenvalue weighted by Crippen LogP contribution is -2.69. The highest BCUT2D eigenvalue weighted by Crippen LogP contribution is 2.36. The molecule has 21 heavy (non-hydrogen) atoms. The van der Waals surface area contributed by atoms with E-state index >= 15 is 0 Å². The fraction of sp³-hybridized carbons (Fsp3) is 0.615. The van der Waals surface area contributed by atoms with Crippen molar-refractivity contribution in [3.63, 3.8) is 0 Å². The number of carbonyl (C=O) groups is 2. The van der Waals surface area contributed by atoms with Crippen LogP contribution in [0, 0.1) is 10.4 Å². The van der Waals surface area contributed by atoms with Gasteiger partial charge >= 0.3 is 11.9 Å². The average molecular weight is 296 g/mol. The van der Waals surface area contributed by atoms with Crippen molar-refractivity contribution in [2.45, 2.75) is 39.5 Å². The van der Waals surface area contributed by atoms with Crippen LogP contribution in [0.4, 0.5) is 10.6 Å². The molecule has 0 saturated carbocycles. The minimum atomic E-state index is -1.71. The molecule has 116 valence electrons. The van der Waals surface area contributed by atoms with Crippen molar-refractivity contribution in [1.29, 1.82) is 0 Å². The van der Waals surface area contributed by atoms with Crippen LogP contribution < -0.4 is 4.65 Å². The Morgan fingerprint density at radius 2 is 1.67 bits per heavy atom. The molecule has 2 atom stereocenters. The number of carbonyl (C=O) groups excluding carboxylic acids is 2. The van der Waals surface area contributed by atoms with Crippen LogP contribution in [0.5, 0.6) is 0 Å². The Labute approximate surface area is 122 Å². The van der Waals surface area contributed by atoms with Gasteiger partial charge in [-0.1, -0.05) is 26.7 Å². The van der Waals surface area contributed by atoms with E-state index in [-0.39, 0.29) is 24.5 Å². The van der Waals surface area contributed by atoms with Crippen LogP contribution in [-0.2, 0) is 0 Å². The number of aromatic amines is 1. The van der Waals surface area contributed by atoms with Crippen LogP contribution in [0.2, 0.25) is 0 Å². The first kappa shape index (κ1) is 15.8. The van der Waals surface area contributed by atoms with Gasteiger partial charge in [0.25, 0.3) is 5.82 Å². The molecule has 1 aliphatic rings. The highest BCUT2D eigenvalue weighted by atomic mass is 16.6. The van der Waals surface area contributed by atoms with Crippen molar-refractivity contribution < 1.29 is 14.2 Å². The molecule has 0 aromatic carbocycles. The van der Waals surface area contributed by atoms with Crippen LogP contribution in [0.15, 0.2) is 6.20 Å². The van der Waals surface area contributed by atoms with E-state index in [1.54, 1.807) is 0 Å². The second-order valence-corrected chi connectivity index (χ2v) is 5.35. The summed E-state index contributed by atoms with van der Waals surface area (Å²) in [4.78, 5) is 24.8. The fourth-order valence-electron chi connectivity index (χ4n) is 2.52. The second kappa shape index (κ2) is 5.64. The number of fused-ring (bicyclic) bond motifs is 1. The number of unbranched alkanes of at least 4 members (excludes halogenated alkanes) is 2. The third kappa shape index (κ3) is 2.30. The van der Waals surface area contributed by atoms with Gasteiger partial charge in [-0.05, 0) is 12.8 Å². The molecule has 0 spiro atoms. The van der Waals surface area contributed by atoms with E-state index in [9.17, 15) is 20.0 Å². The zero-order valence-electron chi connectivity index (χ0n) is 12.3. The molecule has 0 aliphatic carbocycles. The number of aromatic nitrogens is 2. The van der Waals surface area contributed by atoms with E-state index in [0.717, 1.165) is 6.20 Å². The zero-order valence-corrected chi connectivity index (χ0v) is 12.3. The molecular weight excluding hydrogens is 276 g/mol. The van der Waals surface area contributed by atoms with Crippen LogP contribution in [-0.4, -0.2) is 39.9 Å². The van der Waals surface area contributed by atoms with Crippen molar-refractivity contribution >= 4 is 17.8 Å². The molecule has 1 aliphatic heterocycles. The number of hydroxylamine groups is 5. The summed E-state index contributed by atoms with van der Waals surface area (Å²) in [6.07, 6.45) is 3.42. The minimum absolute atomic E-state index is 0.0631. The second-order valence-electron chi connectivity index (χ2n) is 5.35. The van der Waals surface area contributed by atoms with Gasteiger partial charge in [-0.25, -0.2) is 9.89 Å². The maximum atomic E-state index is 13.0. The summed E-state index contributed by atoms with van der Waals surface area (Å²) in [5.74, 6) is -1.00. The molecular formula is C13H20N4O4. The first-order chi connectivity index (χ1) is 9.91. The van der Waals surface area contributed by atoms with Gasteiger partial charge in [-0.2, -0.15) is 19.2 Å². The largest absolute Gasteiger partial charge is 0.614 e. The Hall–Kier alpha value is -1.61. The predicted molar refractivity (Wildman–Crippen MR) is 76.7 cm³/mol. The molecule has 2 unspecified atom stereocenters. The molecule has 1 N–H and O–H groups in total. The van der Waals surface area contributed by atoms with E-state index in [1.807, 2.05) is 13.8 Å². The van der Waals surface area contributed by atoms with Crippen molar-refractivity contribution in [1.82, 2.24) is 14.8 Å². The molecule has 1 aromatic heterocycles. The summed E-state index contributed by atoms with van der Waals surface area (Å²) in [6.45, 7) is 3.47. The van der Waals surface area contributed by atoms with Gasteiger partial charge in [0.1, 0.15) is 0 Å². The van der Waals surface area contributed by atoms with Crippen molar-refractivity contribution in [3.05, 3.63) is 22.2 Å². The number of amides is 3. The minimum Gasteiger partial charge on any atom is -0.614 e. The first-order valence-electron chi connectivity index (χ1n) is 7.23. The lowest BCUT2D eigenvalue weighted by atomic mass is 10.1. The van der Waals surface area contributed by atoms with Crippen LogP contribution >= 0.6 is 0 Å².